The summed E-state index contributed by atoms with van der Waals surface area (Å²) in [6, 6.07) is 15.2. The fourth-order valence-corrected chi connectivity index (χ4v) is 4.12. The number of likely N-dealkylation sites (tertiary alicyclic amines) is 1. The molecular weight excluding hydrogens is 326 g/mol. The highest BCUT2D eigenvalue weighted by Crippen LogP contribution is 2.37. The Balaban J connectivity index is 1.34. The first kappa shape index (κ1) is 16.8. The van der Waals surface area contributed by atoms with Crippen molar-refractivity contribution in [1.82, 2.24) is 4.90 Å². The van der Waals surface area contributed by atoms with Crippen molar-refractivity contribution in [3.63, 3.8) is 0 Å². The van der Waals surface area contributed by atoms with Crippen molar-refractivity contribution in [2.75, 3.05) is 13.1 Å². The number of carbonyl (C=O) groups is 2. The highest BCUT2D eigenvalue weighted by atomic mass is 16.4. The Kier molecular flexibility index (Phi) is 4.49. The Morgan fingerprint density at radius 2 is 1.88 bits per heavy atom. The number of benzene rings is 2. The zero-order valence-corrected chi connectivity index (χ0v) is 14.8. The van der Waals surface area contributed by atoms with Crippen molar-refractivity contribution < 1.29 is 14.7 Å². The summed E-state index contributed by atoms with van der Waals surface area (Å²) in [5.74, 6) is -1.10. The van der Waals surface area contributed by atoms with Gasteiger partial charge in [0.1, 0.15) is 0 Å². The van der Waals surface area contributed by atoms with E-state index in [2.05, 4.69) is 42.5 Å². The van der Waals surface area contributed by atoms with E-state index in [-0.39, 0.29) is 5.91 Å². The molecule has 2 aromatic carbocycles. The van der Waals surface area contributed by atoms with E-state index in [4.69, 9.17) is 5.11 Å². The summed E-state index contributed by atoms with van der Waals surface area (Å²) in [6.07, 6.45) is 3.74. The van der Waals surface area contributed by atoms with Crippen molar-refractivity contribution in [3.05, 3.63) is 59.2 Å². The molecule has 2 aliphatic rings. The van der Waals surface area contributed by atoms with Crippen LogP contribution < -0.4 is 0 Å². The second-order valence-corrected chi connectivity index (χ2v) is 7.34. The van der Waals surface area contributed by atoms with E-state index < -0.39 is 11.9 Å². The van der Waals surface area contributed by atoms with E-state index in [0.29, 0.717) is 25.9 Å². The minimum absolute atomic E-state index is 0.0836. The van der Waals surface area contributed by atoms with Crippen molar-refractivity contribution in [1.29, 1.82) is 0 Å². The third-order valence-electron chi connectivity index (χ3n) is 5.61. The smallest absolute Gasteiger partial charge is 0.308 e. The molecule has 2 aromatic rings. The zero-order chi connectivity index (χ0) is 18.1. The SMILES string of the molecule is O=C(O)C1CCN(C(=O)CCCc2ccc3c(c2)-c2ccccc2C3)C1. The minimum Gasteiger partial charge on any atom is -0.481 e. The summed E-state index contributed by atoms with van der Waals surface area (Å²) < 4.78 is 0. The molecule has 1 saturated heterocycles. The van der Waals surface area contributed by atoms with Gasteiger partial charge in [-0.15, -0.1) is 0 Å². The average Bonchev–Trinajstić information content (AvgIpc) is 3.26. The molecule has 1 aliphatic carbocycles. The Morgan fingerprint density at radius 1 is 1.08 bits per heavy atom. The molecule has 1 amide bonds. The first-order valence-electron chi connectivity index (χ1n) is 9.32. The van der Waals surface area contributed by atoms with Crippen molar-refractivity contribution in [2.24, 2.45) is 5.92 Å². The van der Waals surface area contributed by atoms with Gasteiger partial charge in [-0.2, -0.15) is 0 Å². The van der Waals surface area contributed by atoms with Crippen LogP contribution in [-0.2, 0) is 22.4 Å². The lowest BCUT2D eigenvalue weighted by molar-refractivity contribution is -0.141. The van der Waals surface area contributed by atoms with E-state index in [0.717, 1.165) is 19.3 Å². The molecule has 1 fully saturated rings. The molecule has 0 spiro atoms. The highest BCUT2D eigenvalue weighted by Gasteiger charge is 2.30. The predicted octanol–water partition coefficient (Wildman–Crippen LogP) is 3.51. The summed E-state index contributed by atoms with van der Waals surface area (Å²) >= 11 is 0. The van der Waals surface area contributed by atoms with Crippen LogP contribution in [0.25, 0.3) is 11.1 Å². The summed E-state index contributed by atoms with van der Waals surface area (Å²) in [5.41, 5.74) is 6.68. The van der Waals surface area contributed by atoms with Crippen LogP contribution in [0.1, 0.15) is 36.0 Å². The number of carboxylic acid groups (broad SMARTS) is 1. The third kappa shape index (κ3) is 3.24. The number of nitrogens with zero attached hydrogens (tertiary/aromatic N) is 1. The lowest BCUT2D eigenvalue weighted by Crippen LogP contribution is -2.29. The van der Waals surface area contributed by atoms with Gasteiger partial charge in [-0.1, -0.05) is 42.5 Å². The fraction of sp³-hybridized carbons (Fsp3) is 0.364. The molecule has 1 unspecified atom stereocenters. The topological polar surface area (TPSA) is 57.6 Å². The summed E-state index contributed by atoms with van der Waals surface area (Å²) in [4.78, 5) is 25.0. The quantitative estimate of drug-likeness (QED) is 0.767. The van der Waals surface area contributed by atoms with Crippen LogP contribution in [0.2, 0.25) is 0 Å². The summed E-state index contributed by atoms with van der Waals surface area (Å²) in [7, 11) is 0. The monoisotopic (exact) mass is 349 g/mol. The van der Waals surface area contributed by atoms with Crippen molar-refractivity contribution >= 4 is 11.9 Å². The standard InChI is InChI=1S/C22H23NO3/c24-21(23-11-10-18(14-23)22(25)26)7-3-4-15-8-9-17-13-16-5-1-2-6-19(16)20(17)12-15/h1-2,5-6,8-9,12,18H,3-4,7,10-11,13-14H2,(H,25,26). The number of aryl methyl sites for hydroxylation is 1. The van der Waals surface area contributed by atoms with E-state index in [1.165, 1.54) is 27.8 Å². The number of carbonyl (C=O) groups excluding carboxylic acids is 1. The third-order valence-corrected chi connectivity index (χ3v) is 5.61. The Bertz CT molecular complexity index is 858. The van der Waals surface area contributed by atoms with Crippen LogP contribution in [0.4, 0.5) is 0 Å². The molecule has 0 aromatic heterocycles. The Morgan fingerprint density at radius 3 is 2.69 bits per heavy atom. The maximum Gasteiger partial charge on any atom is 0.308 e. The number of hydrogen-bond acceptors (Lipinski definition) is 2. The number of carboxylic acids is 1. The van der Waals surface area contributed by atoms with Crippen LogP contribution in [-0.4, -0.2) is 35.0 Å². The number of rotatable bonds is 5. The minimum atomic E-state index is -0.793. The first-order chi connectivity index (χ1) is 12.6. The van der Waals surface area contributed by atoms with Gasteiger partial charge in [-0.3, -0.25) is 9.59 Å². The second-order valence-electron chi connectivity index (χ2n) is 7.34. The van der Waals surface area contributed by atoms with Crippen LogP contribution in [0, 0.1) is 5.92 Å². The molecule has 1 heterocycles. The second kappa shape index (κ2) is 6.94. The van der Waals surface area contributed by atoms with Gasteiger partial charge < -0.3 is 10.0 Å². The average molecular weight is 349 g/mol. The van der Waals surface area contributed by atoms with Crippen molar-refractivity contribution in [3.8, 4) is 11.1 Å². The van der Waals surface area contributed by atoms with Gasteiger partial charge in [0, 0.05) is 19.5 Å². The molecule has 134 valence electrons. The van der Waals surface area contributed by atoms with Crippen LogP contribution in [0.3, 0.4) is 0 Å². The molecule has 1 aliphatic heterocycles. The number of amides is 1. The van der Waals surface area contributed by atoms with Gasteiger partial charge in [0.05, 0.1) is 5.92 Å². The van der Waals surface area contributed by atoms with E-state index in [1.807, 2.05) is 0 Å². The molecule has 1 N–H and O–H groups in total. The van der Waals surface area contributed by atoms with Gasteiger partial charge in [0.2, 0.25) is 5.91 Å². The maximum atomic E-state index is 12.3. The van der Waals surface area contributed by atoms with E-state index in [9.17, 15) is 9.59 Å². The maximum absolute atomic E-state index is 12.3. The molecule has 4 rings (SSSR count). The Hall–Kier alpha value is -2.62. The van der Waals surface area contributed by atoms with Gasteiger partial charge in [-0.25, -0.2) is 0 Å². The highest BCUT2D eigenvalue weighted by molar-refractivity contribution is 5.79. The number of hydrogen-bond donors (Lipinski definition) is 1. The van der Waals surface area contributed by atoms with Crippen LogP contribution in [0.15, 0.2) is 42.5 Å². The molecule has 26 heavy (non-hydrogen) atoms. The van der Waals surface area contributed by atoms with Crippen molar-refractivity contribution in [2.45, 2.75) is 32.1 Å². The Labute approximate surface area is 153 Å². The molecule has 0 radical (unpaired) electrons. The predicted molar refractivity (Wildman–Crippen MR) is 99.9 cm³/mol. The van der Waals surface area contributed by atoms with Gasteiger partial charge in [-0.05, 0) is 53.5 Å². The lowest BCUT2D eigenvalue weighted by atomic mass is 10.00. The normalized spacial score (nSPS) is 17.8. The lowest BCUT2D eigenvalue weighted by Gasteiger charge is -2.15. The van der Waals surface area contributed by atoms with Gasteiger partial charge in [0.15, 0.2) is 0 Å². The van der Waals surface area contributed by atoms with E-state index >= 15 is 0 Å². The fourth-order valence-electron chi connectivity index (χ4n) is 4.12. The molecule has 0 saturated carbocycles. The summed E-state index contributed by atoms with van der Waals surface area (Å²) in [6.45, 7) is 0.940. The molecule has 1 atom stereocenters. The largest absolute Gasteiger partial charge is 0.481 e. The molecule has 4 heteroatoms. The van der Waals surface area contributed by atoms with Crippen LogP contribution >= 0.6 is 0 Å². The molecule has 4 nitrogen and oxygen atoms in total. The zero-order valence-electron chi connectivity index (χ0n) is 14.8. The first-order valence-corrected chi connectivity index (χ1v) is 9.32. The summed E-state index contributed by atoms with van der Waals surface area (Å²) in [5, 5.41) is 9.05. The molecule has 0 bridgehead atoms. The van der Waals surface area contributed by atoms with Crippen LogP contribution in [0.5, 0.6) is 0 Å². The number of aliphatic carboxylic acids is 1. The molecular formula is C22H23NO3. The van der Waals surface area contributed by atoms with Gasteiger partial charge in [0.25, 0.3) is 0 Å². The number of fused-ring (bicyclic) bond motifs is 3. The van der Waals surface area contributed by atoms with Gasteiger partial charge >= 0.3 is 5.97 Å². The van der Waals surface area contributed by atoms with E-state index in [1.54, 1.807) is 4.90 Å².